The zero-order valence-electron chi connectivity index (χ0n) is 14.2. The monoisotopic (exact) mass is 375 g/mol. The molecule has 0 saturated carbocycles. The van der Waals surface area contributed by atoms with Gasteiger partial charge in [0.25, 0.3) is 11.5 Å². The first kappa shape index (κ1) is 19.5. The number of amides is 1. The van der Waals surface area contributed by atoms with Crippen molar-refractivity contribution in [1.82, 2.24) is 9.97 Å². The molecule has 0 fully saturated rings. The van der Waals surface area contributed by atoms with Gasteiger partial charge in [0.15, 0.2) is 11.0 Å². The number of carboxylic acid groups (broad SMARTS) is 1. The largest absolute Gasteiger partial charge is 0.549 e. The van der Waals surface area contributed by atoms with Crippen LogP contribution in [-0.2, 0) is 4.79 Å². The van der Waals surface area contributed by atoms with Crippen molar-refractivity contribution >= 4 is 35.1 Å². The van der Waals surface area contributed by atoms with Crippen LogP contribution in [0.2, 0.25) is 0 Å². The lowest BCUT2D eigenvalue weighted by Gasteiger charge is -2.17. The Morgan fingerprint density at radius 2 is 2.04 bits per heavy atom. The first-order valence-electron chi connectivity index (χ1n) is 8.06. The fraction of sp³-hybridized carbons (Fsp3) is 0.294. The van der Waals surface area contributed by atoms with Gasteiger partial charge in [-0.3, -0.25) is 14.6 Å². The van der Waals surface area contributed by atoms with Gasteiger partial charge < -0.3 is 21.0 Å². The van der Waals surface area contributed by atoms with Crippen LogP contribution >= 0.6 is 11.8 Å². The lowest BCUT2D eigenvalue weighted by Crippen LogP contribution is -2.34. The van der Waals surface area contributed by atoms with E-state index in [0.29, 0.717) is 18.4 Å². The van der Waals surface area contributed by atoms with Crippen molar-refractivity contribution in [3.63, 3.8) is 0 Å². The van der Waals surface area contributed by atoms with Crippen molar-refractivity contribution in [3.8, 4) is 0 Å². The zero-order valence-corrected chi connectivity index (χ0v) is 15.0. The molecule has 4 N–H and O–H groups in total. The van der Waals surface area contributed by atoms with Gasteiger partial charge >= 0.3 is 0 Å². The summed E-state index contributed by atoms with van der Waals surface area (Å²) >= 11 is 0.868. The number of carboxylic acids is 1. The summed E-state index contributed by atoms with van der Waals surface area (Å²) in [4.78, 5) is 42.0. The Labute approximate surface area is 154 Å². The number of unbranched alkanes of at least 4 members (excludes halogenated alkanes) is 1. The van der Waals surface area contributed by atoms with Gasteiger partial charge in [0.05, 0.1) is 11.2 Å². The van der Waals surface area contributed by atoms with Gasteiger partial charge in [-0.2, -0.15) is 0 Å². The van der Waals surface area contributed by atoms with Crippen LogP contribution < -0.4 is 21.7 Å². The molecule has 0 radical (unpaired) electrons. The molecule has 1 amide bonds. The maximum absolute atomic E-state index is 12.2. The number of benzene rings is 1. The van der Waals surface area contributed by atoms with Gasteiger partial charge in [0, 0.05) is 5.56 Å². The fourth-order valence-electron chi connectivity index (χ4n) is 2.17. The summed E-state index contributed by atoms with van der Waals surface area (Å²) in [7, 11) is 0. The predicted octanol–water partition coefficient (Wildman–Crippen LogP) is 1.01. The van der Waals surface area contributed by atoms with E-state index in [4.69, 9.17) is 5.73 Å². The molecule has 0 aliphatic carbocycles. The standard InChI is InChI=1S/C17H20N4O4S/c1-2-3-9-11(16(24)25)26-17-20-13(18)12(15(23)21-17)19-14(22)10-7-5-4-6-8-10/h4-8,11H,2-3,9H2,1H3,(H,19,22)(H,24,25)(H3,18,20,21,23)/p-1/t11-/m0/s1. The van der Waals surface area contributed by atoms with E-state index in [2.05, 4.69) is 15.3 Å². The van der Waals surface area contributed by atoms with Crippen LogP contribution in [-0.4, -0.2) is 27.1 Å². The summed E-state index contributed by atoms with van der Waals surface area (Å²) in [6.45, 7) is 1.94. The van der Waals surface area contributed by atoms with Crippen molar-refractivity contribution in [3.05, 3.63) is 46.2 Å². The SMILES string of the molecule is CCCC[C@H](Sc1nc(N)c(NC(=O)c2ccccc2)c(=O)[nH]1)C(=O)[O-]. The first-order chi connectivity index (χ1) is 12.4. The highest BCUT2D eigenvalue weighted by atomic mass is 32.2. The molecule has 2 rings (SSSR count). The number of nitrogens with zero attached hydrogens (tertiary/aromatic N) is 1. The molecule has 1 aromatic heterocycles. The highest BCUT2D eigenvalue weighted by molar-refractivity contribution is 8.00. The van der Waals surface area contributed by atoms with E-state index in [0.717, 1.165) is 18.2 Å². The topological polar surface area (TPSA) is 141 Å². The second kappa shape index (κ2) is 9.04. The minimum atomic E-state index is -1.23. The number of hydrogen-bond acceptors (Lipinski definition) is 7. The molecule has 9 heteroatoms. The molecule has 138 valence electrons. The van der Waals surface area contributed by atoms with Gasteiger partial charge in [-0.25, -0.2) is 4.98 Å². The van der Waals surface area contributed by atoms with Gasteiger partial charge in [-0.15, -0.1) is 0 Å². The molecule has 2 aromatic rings. The molecule has 0 aliphatic heterocycles. The van der Waals surface area contributed by atoms with Gasteiger partial charge in [0.2, 0.25) is 0 Å². The highest BCUT2D eigenvalue weighted by Gasteiger charge is 2.17. The van der Waals surface area contributed by atoms with Crippen molar-refractivity contribution < 1.29 is 14.7 Å². The number of nitrogens with one attached hydrogen (secondary N) is 2. The molecule has 0 saturated heterocycles. The minimum Gasteiger partial charge on any atom is -0.549 e. The van der Waals surface area contributed by atoms with E-state index >= 15 is 0 Å². The van der Waals surface area contributed by atoms with Crippen LogP contribution in [0.15, 0.2) is 40.3 Å². The third-order valence-electron chi connectivity index (χ3n) is 3.54. The van der Waals surface area contributed by atoms with E-state index in [1.54, 1.807) is 30.3 Å². The lowest BCUT2D eigenvalue weighted by molar-refractivity contribution is -0.304. The number of anilines is 2. The van der Waals surface area contributed by atoms with Gasteiger partial charge in [0.1, 0.15) is 5.69 Å². The summed E-state index contributed by atoms with van der Waals surface area (Å²) in [5.41, 5.74) is 5.31. The molecule has 26 heavy (non-hydrogen) atoms. The van der Waals surface area contributed by atoms with E-state index in [-0.39, 0.29) is 16.7 Å². The summed E-state index contributed by atoms with van der Waals surface area (Å²) in [5.74, 6) is -1.92. The van der Waals surface area contributed by atoms with Gasteiger partial charge in [-0.05, 0) is 18.6 Å². The van der Waals surface area contributed by atoms with E-state index in [1.807, 2.05) is 6.92 Å². The Balaban J connectivity index is 2.18. The summed E-state index contributed by atoms with van der Waals surface area (Å²) < 4.78 is 0. The number of carbonyl (C=O) groups excluding carboxylic acids is 2. The number of rotatable bonds is 8. The Hall–Kier alpha value is -2.81. The Morgan fingerprint density at radius 3 is 2.62 bits per heavy atom. The average Bonchev–Trinajstić information content (AvgIpc) is 2.62. The molecule has 1 atom stereocenters. The number of nitrogen functional groups attached to an aromatic ring is 1. The second-order valence-electron chi connectivity index (χ2n) is 5.52. The quantitative estimate of drug-likeness (QED) is 0.462. The Kier molecular flexibility index (Phi) is 6.79. The fourth-order valence-corrected chi connectivity index (χ4v) is 3.12. The van der Waals surface area contributed by atoms with Gasteiger partial charge in [-0.1, -0.05) is 49.7 Å². The molecule has 8 nitrogen and oxygen atoms in total. The molecular formula is C17H19N4O4S-. The summed E-state index contributed by atoms with van der Waals surface area (Å²) in [5, 5.41) is 12.9. The van der Waals surface area contributed by atoms with E-state index in [1.165, 1.54) is 0 Å². The normalized spacial score (nSPS) is 11.7. The predicted molar refractivity (Wildman–Crippen MR) is 97.8 cm³/mol. The third-order valence-corrected chi connectivity index (χ3v) is 4.67. The van der Waals surface area contributed by atoms with Crippen molar-refractivity contribution in [2.45, 2.75) is 36.6 Å². The maximum atomic E-state index is 12.2. The van der Waals surface area contributed by atoms with Crippen LogP contribution in [0, 0.1) is 0 Å². The number of nitrogens with two attached hydrogens (primary N) is 1. The van der Waals surface area contributed by atoms with Crippen LogP contribution in [0.25, 0.3) is 0 Å². The number of carbonyl (C=O) groups is 2. The van der Waals surface area contributed by atoms with Crippen LogP contribution in [0.1, 0.15) is 36.5 Å². The summed E-state index contributed by atoms with van der Waals surface area (Å²) in [6, 6.07) is 8.33. The first-order valence-corrected chi connectivity index (χ1v) is 8.94. The number of aromatic nitrogens is 2. The maximum Gasteiger partial charge on any atom is 0.277 e. The van der Waals surface area contributed by atoms with Crippen LogP contribution in [0.3, 0.4) is 0 Å². The molecule has 0 unspecified atom stereocenters. The number of hydrogen-bond donors (Lipinski definition) is 3. The third kappa shape index (κ3) is 5.09. The molecule has 0 spiro atoms. The summed E-state index contributed by atoms with van der Waals surface area (Å²) in [6.07, 6.45) is 1.93. The molecule has 1 heterocycles. The smallest absolute Gasteiger partial charge is 0.277 e. The number of aromatic amines is 1. The number of thioether (sulfide) groups is 1. The van der Waals surface area contributed by atoms with E-state index in [9.17, 15) is 19.5 Å². The molecule has 0 bridgehead atoms. The average molecular weight is 375 g/mol. The van der Waals surface area contributed by atoms with Crippen molar-refractivity contribution in [2.75, 3.05) is 11.1 Å². The second-order valence-corrected chi connectivity index (χ2v) is 6.71. The Morgan fingerprint density at radius 1 is 1.35 bits per heavy atom. The Bertz CT molecular complexity index is 838. The number of H-pyrrole nitrogens is 1. The highest BCUT2D eigenvalue weighted by Crippen LogP contribution is 2.24. The molecule has 0 aliphatic rings. The molecular weight excluding hydrogens is 356 g/mol. The van der Waals surface area contributed by atoms with Crippen LogP contribution in [0.4, 0.5) is 11.5 Å². The van der Waals surface area contributed by atoms with E-state index < -0.39 is 22.7 Å². The van der Waals surface area contributed by atoms with Crippen LogP contribution in [0.5, 0.6) is 0 Å². The lowest BCUT2D eigenvalue weighted by atomic mass is 10.2. The van der Waals surface area contributed by atoms with Crippen molar-refractivity contribution in [2.24, 2.45) is 0 Å². The zero-order chi connectivity index (χ0) is 19.1. The number of aliphatic carboxylic acids is 1. The molecule has 1 aromatic carbocycles. The minimum absolute atomic E-state index is 0.0653. The van der Waals surface area contributed by atoms with Crippen molar-refractivity contribution in [1.29, 1.82) is 0 Å².